The van der Waals surface area contributed by atoms with Crippen molar-refractivity contribution in [3.05, 3.63) is 131 Å². The molecule has 5 heteroatoms. The molecule has 0 aliphatic carbocycles. The van der Waals surface area contributed by atoms with E-state index in [9.17, 15) is 0 Å². The molecule has 0 aliphatic rings. The van der Waals surface area contributed by atoms with Crippen LogP contribution < -0.4 is 0 Å². The minimum absolute atomic E-state index is 0.828. The lowest BCUT2D eigenvalue weighted by Crippen LogP contribution is -2.02. The lowest BCUT2D eigenvalue weighted by Gasteiger charge is -2.05. The summed E-state index contributed by atoms with van der Waals surface area (Å²) in [7, 11) is 0. The number of hydrogen-bond acceptors (Lipinski definition) is 4. The third-order valence-electron chi connectivity index (χ3n) is 4.97. The predicted octanol–water partition coefficient (Wildman–Crippen LogP) is 6.47. The van der Waals surface area contributed by atoms with Crippen molar-refractivity contribution in [1.82, 2.24) is 9.78 Å². The molecule has 0 atom stereocenters. The predicted molar refractivity (Wildman–Crippen MR) is 133 cm³/mol. The first kappa shape index (κ1) is 19.8. The van der Waals surface area contributed by atoms with Crippen LogP contribution in [0.15, 0.2) is 125 Å². The fraction of sp³-hybridized carbons (Fsp3) is 0. The van der Waals surface area contributed by atoms with Gasteiger partial charge in [0.25, 0.3) is 0 Å². The average molecular weight is 433 g/mol. The molecular formula is C27H20N4S. The number of benzene rings is 3. The van der Waals surface area contributed by atoms with Crippen LogP contribution in [0.2, 0.25) is 0 Å². The van der Waals surface area contributed by atoms with Crippen LogP contribution >= 0.6 is 11.3 Å². The Hall–Kier alpha value is -4.09. The molecule has 154 valence electrons. The molecule has 3 aromatic carbocycles. The standard InChI is InChI=1S/C27H20N4S/c1-4-11-21(12-5-1)26(22-13-6-2-7-14-22)29-28-19-24-20-31(25-17-10-18-32-25)30-27(24)23-15-8-3-9-16-23/h1-20H. The molecule has 0 unspecified atom stereocenters. The van der Waals surface area contributed by atoms with Gasteiger partial charge in [0, 0.05) is 28.5 Å². The van der Waals surface area contributed by atoms with Gasteiger partial charge in [-0.3, -0.25) is 0 Å². The molecular weight excluding hydrogens is 412 g/mol. The zero-order chi connectivity index (χ0) is 21.6. The maximum atomic E-state index is 4.82. The van der Waals surface area contributed by atoms with Crippen LogP contribution in [0.4, 0.5) is 0 Å². The van der Waals surface area contributed by atoms with Crippen molar-refractivity contribution in [3.63, 3.8) is 0 Å². The fourth-order valence-electron chi connectivity index (χ4n) is 3.44. The van der Waals surface area contributed by atoms with Crippen molar-refractivity contribution in [2.45, 2.75) is 0 Å². The van der Waals surface area contributed by atoms with Crippen molar-refractivity contribution < 1.29 is 0 Å². The first-order valence-electron chi connectivity index (χ1n) is 10.3. The number of thiophene rings is 1. The highest BCUT2D eigenvalue weighted by atomic mass is 32.1. The summed E-state index contributed by atoms with van der Waals surface area (Å²) in [5, 5.41) is 17.0. The van der Waals surface area contributed by atoms with Crippen LogP contribution in [0.25, 0.3) is 16.3 Å². The minimum atomic E-state index is 0.828. The van der Waals surface area contributed by atoms with Gasteiger partial charge < -0.3 is 0 Å². The van der Waals surface area contributed by atoms with Crippen LogP contribution in [0.1, 0.15) is 16.7 Å². The summed E-state index contributed by atoms with van der Waals surface area (Å²) in [5.74, 6) is 0. The van der Waals surface area contributed by atoms with E-state index in [1.807, 2.05) is 101 Å². The Morgan fingerprint density at radius 2 is 1.38 bits per heavy atom. The molecule has 4 nitrogen and oxygen atoms in total. The summed E-state index contributed by atoms with van der Waals surface area (Å²) >= 11 is 1.64. The Morgan fingerprint density at radius 3 is 1.97 bits per heavy atom. The normalized spacial score (nSPS) is 11.0. The van der Waals surface area contributed by atoms with Crippen molar-refractivity contribution in [2.24, 2.45) is 10.2 Å². The quantitative estimate of drug-likeness (QED) is 0.224. The van der Waals surface area contributed by atoms with Crippen molar-refractivity contribution in [1.29, 1.82) is 0 Å². The van der Waals surface area contributed by atoms with Gasteiger partial charge in [-0.15, -0.1) is 16.4 Å². The van der Waals surface area contributed by atoms with E-state index in [1.54, 1.807) is 17.6 Å². The lowest BCUT2D eigenvalue weighted by molar-refractivity contribution is 0.901. The zero-order valence-corrected chi connectivity index (χ0v) is 18.1. The van der Waals surface area contributed by atoms with Gasteiger partial charge in [0.05, 0.1) is 6.21 Å². The smallest absolute Gasteiger partial charge is 0.117 e. The van der Waals surface area contributed by atoms with Gasteiger partial charge in [0.2, 0.25) is 0 Å². The Labute approximate surface area is 190 Å². The van der Waals surface area contributed by atoms with E-state index in [2.05, 4.69) is 28.4 Å². The topological polar surface area (TPSA) is 42.5 Å². The number of rotatable bonds is 6. The lowest BCUT2D eigenvalue weighted by atomic mass is 10.0. The molecule has 0 fully saturated rings. The summed E-state index contributed by atoms with van der Waals surface area (Å²) in [5.41, 5.74) is 5.70. The van der Waals surface area contributed by atoms with Gasteiger partial charge in [-0.25, -0.2) is 4.68 Å². The SMILES string of the molecule is C(=NN=C(c1ccccc1)c1ccccc1)c1cn(-c2cccs2)nc1-c1ccccc1. The van der Waals surface area contributed by atoms with Gasteiger partial charge in [-0.1, -0.05) is 91.0 Å². The molecule has 0 bridgehead atoms. The molecule has 5 aromatic rings. The van der Waals surface area contributed by atoms with Crippen molar-refractivity contribution in [2.75, 3.05) is 0 Å². The Kier molecular flexibility index (Phi) is 5.81. The molecule has 0 saturated carbocycles. The Balaban J connectivity index is 1.56. The second-order valence-electron chi connectivity index (χ2n) is 7.12. The summed E-state index contributed by atoms with van der Waals surface area (Å²) in [6.07, 6.45) is 3.78. The highest BCUT2D eigenvalue weighted by Gasteiger charge is 2.12. The van der Waals surface area contributed by atoms with Crippen molar-refractivity contribution >= 4 is 23.3 Å². The summed E-state index contributed by atoms with van der Waals surface area (Å²) in [6.45, 7) is 0. The van der Waals surface area contributed by atoms with E-state index < -0.39 is 0 Å². The van der Waals surface area contributed by atoms with E-state index in [-0.39, 0.29) is 0 Å². The number of hydrogen-bond donors (Lipinski definition) is 0. The van der Waals surface area contributed by atoms with Crippen molar-refractivity contribution in [3.8, 4) is 16.3 Å². The monoisotopic (exact) mass is 432 g/mol. The third kappa shape index (κ3) is 4.33. The van der Waals surface area contributed by atoms with E-state index >= 15 is 0 Å². The number of nitrogens with zero attached hydrogens (tertiary/aromatic N) is 4. The molecule has 32 heavy (non-hydrogen) atoms. The summed E-state index contributed by atoms with van der Waals surface area (Å²) in [4.78, 5) is 0. The molecule has 2 heterocycles. The van der Waals surface area contributed by atoms with Gasteiger partial charge in [-0.2, -0.15) is 10.2 Å². The van der Waals surface area contributed by atoms with E-state index in [0.717, 1.165) is 38.7 Å². The molecule has 2 aromatic heterocycles. The fourth-order valence-corrected chi connectivity index (χ4v) is 4.09. The van der Waals surface area contributed by atoms with Gasteiger partial charge in [0.1, 0.15) is 16.4 Å². The zero-order valence-electron chi connectivity index (χ0n) is 17.2. The number of aromatic nitrogens is 2. The van der Waals surface area contributed by atoms with Gasteiger partial charge in [0.15, 0.2) is 0 Å². The van der Waals surface area contributed by atoms with Gasteiger partial charge in [-0.05, 0) is 17.5 Å². The molecule has 0 aliphatic heterocycles. The van der Waals surface area contributed by atoms with E-state index in [4.69, 9.17) is 5.10 Å². The molecule has 0 saturated heterocycles. The largest absolute Gasteiger partial charge is 0.230 e. The Bertz CT molecular complexity index is 1300. The maximum absolute atomic E-state index is 4.82. The van der Waals surface area contributed by atoms with Crippen LogP contribution in [0.3, 0.4) is 0 Å². The van der Waals surface area contributed by atoms with Crippen LogP contribution in [0, 0.1) is 0 Å². The van der Waals surface area contributed by atoms with Crippen LogP contribution in [-0.4, -0.2) is 21.7 Å². The second kappa shape index (κ2) is 9.37. The third-order valence-corrected chi connectivity index (χ3v) is 5.83. The Morgan fingerprint density at radius 1 is 0.750 bits per heavy atom. The molecule has 0 spiro atoms. The minimum Gasteiger partial charge on any atom is -0.230 e. The highest BCUT2D eigenvalue weighted by molar-refractivity contribution is 7.12. The molecule has 5 rings (SSSR count). The molecule has 0 amide bonds. The summed E-state index contributed by atoms with van der Waals surface area (Å²) < 4.78 is 1.90. The first-order chi connectivity index (χ1) is 15.9. The maximum Gasteiger partial charge on any atom is 0.117 e. The van der Waals surface area contributed by atoms with Crippen LogP contribution in [0.5, 0.6) is 0 Å². The molecule has 0 N–H and O–H groups in total. The van der Waals surface area contributed by atoms with E-state index in [0.29, 0.717) is 0 Å². The van der Waals surface area contributed by atoms with Gasteiger partial charge >= 0.3 is 0 Å². The first-order valence-corrected chi connectivity index (χ1v) is 11.2. The average Bonchev–Trinajstić information content (AvgIpc) is 3.54. The highest BCUT2D eigenvalue weighted by Crippen LogP contribution is 2.24. The molecule has 0 radical (unpaired) electrons. The van der Waals surface area contributed by atoms with E-state index in [1.165, 1.54) is 0 Å². The second-order valence-corrected chi connectivity index (χ2v) is 8.05. The summed E-state index contributed by atoms with van der Waals surface area (Å²) in [6, 6.07) is 34.4. The van der Waals surface area contributed by atoms with Crippen LogP contribution in [-0.2, 0) is 0 Å².